The number of nitrogens with one attached hydrogen (secondary N) is 2. The Kier molecular flexibility index (Phi) is 6.50. The highest BCUT2D eigenvalue weighted by molar-refractivity contribution is 7.80. The topological polar surface area (TPSA) is 33.3 Å². The van der Waals surface area contributed by atoms with Gasteiger partial charge in [-0.15, -0.1) is 0 Å². The van der Waals surface area contributed by atoms with Crippen molar-refractivity contribution >= 4 is 23.0 Å². The zero-order valence-electron chi connectivity index (χ0n) is 11.4. The van der Waals surface area contributed by atoms with E-state index >= 15 is 0 Å². The Bertz CT molecular complexity index is 393. The molecule has 1 aromatic rings. The van der Waals surface area contributed by atoms with Crippen LogP contribution in [0.15, 0.2) is 18.2 Å². The third kappa shape index (κ3) is 4.92. The molecule has 0 aliphatic rings. The van der Waals surface area contributed by atoms with Gasteiger partial charge in [0.15, 0.2) is 5.11 Å². The van der Waals surface area contributed by atoms with Crippen LogP contribution < -0.4 is 15.4 Å². The van der Waals surface area contributed by atoms with Gasteiger partial charge in [-0.3, -0.25) is 0 Å². The van der Waals surface area contributed by atoms with Crippen LogP contribution in [0.1, 0.15) is 31.7 Å². The number of benzene rings is 1. The maximum absolute atomic E-state index is 5.29. The van der Waals surface area contributed by atoms with Gasteiger partial charge in [-0.25, -0.2) is 0 Å². The van der Waals surface area contributed by atoms with Gasteiger partial charge in [0.2, 0.25) is 0 Å². The summed E-state index contributed by atoms with van der Waals surface area (Å²) in [5, 5.41) is 7.02. The number of ether oxygens (including phenoxy) is 1. The number of anilines is 1. The Balaban J connectivity index is 2.50. The molecule has 0 aromatic heterocycles. The van der Waals surface area contributed by atoms with Crippen LogP contribution in [0.2, 0.25) is 0 Å². The molecule has 0 saturated heterocycles. The van der Waals surface area contributed by atoms with Crippen molar-refractivity contribution in [2.45, 2.75) is 33.1 Å². The van der Waals surface area contributed by atoms with Crippen LogP contribution in [-0.4, -0.2) is 18.8 Å². The van der Waals surface area contributed by atoms with Gasteiger partial charge in [-0.2, -0.15) is 0 Å². The molecule has 0 saturated carbocycles. The number of thiocarbonyl (C=S) groups is 1. The van der Waals surface area contributed by atoms with Crippen LogP contribution in [0.3, 0.4) is 0 Å². The number of aryl methyl sites for hydroxylation is 1. The van der Waals surface area contributed by atoms with Crippen molar-refractivity contribution in [1.82, 2.24) is 5.32 Å². The minimum atomic E-state index is 0.648. The van der Waals surface area contributed by atoms with Gasteiger partial charge >= 0.3 is 0 Å². The number of rotatable bonds is 6. The lowest BCUT2D eigenvalue weighted by molar-refractivity contribution is 0.417. The summed E-state index contributed by atoms with van der Waals surface area (Å²) in [6, 6.07) is 5.98. The number of methoxy groups -OCH3 is 1. The number of unbranched alkanes of at least 4 members (excludes halogenated alkanes) is 2. The molecule has 0 heterocycles. The van der Waals surface area contributed by atoms with E-state index in [0.717, 1.165) is 24.4 Å². The number of hydrogen-bond donors (Lipinski definition) is 2. The average molecular weight is 266 g/mol. The fourth-order valence-electron chi connectivity index (χ4n) is 1.66. The van der Waals surface area contributed by atoms with E-state index in [1.54, 1.807) is 7.11 Å². The summed E-state index contributed by atoms with van der Waals surface area (Å²) in [7, 11) is 1.66. The van der Waals surface area contributed by atoms with Crippen molar-refractivity contribution in [2.75, 3.05) is 19.0 Å². The summed E-state index contributed by atoms with van der Waals surface area (Å²) in [6.45, 7) is 5.14. The van der Waals surface area contributed by atoms with Gasteiger partial charge in [0.05, 0.1) is 12.8 Å². The molecule has 0 aliphatic heterocycles. The van der Waals surface area contributed by atoms with Crippen LogP contribution in [0.5, 0.6) is 5.75 Å². The normalized spacial score (nSPS) is 9.94. The molecule has 100 valence electrons. The lowest BCUT2D eigenvalue weighted by Gasteiger charge is -2.13. The van der Waals surface area contributed by atoms with Crippen LogP contribution in [-0.2, 0) is 0 Å². The predicted octanol–water partition coefficient (Wildman–Crippen LogP) is 3.48. The Labute approximate surface area is 115 Å². The highest BCUT2D eigenvalue weighted by Gasteiger charge is 2.04. The van der Waals surface area contributed by atoms with Crippen LogP contribution in [0.25, 0.3) is 0 Å². The summed E-state index contributed by atoms with van der Waals surface area (Å²) in [6.07, 6.45) is 3.58. The zero-order valence-corrected chi connectivity index (χ0v) is 12.2. The monoisotopic (exact) mass is 266 g/mol. The first-order valence-electron chi connectivity index (χ1n) is 6.37. The molecule has 0 atom stereocenters. The van der Waals surface area contributed by atoms with E-state index in [9.17, 15) is 0 Å². The van der Waals surface area contributed by atoms with E-state index in [1.807, 2.05) is 25.1 Å². The third-order valence-corrected chi connectivity index (χ3v) is 2.92. The second kappa shape index (κ2) is 7.93. The first kappa shape index (κ1) is 14.8. The maximum atomic E-state index is 5.29. The number of hydrogen-bond acceptors (Lipinski definition) is 2. The Morgan fingerprint density at radius 2 is 2.11 bits per heavy atom. The molecule has 4 heteroatoms. The minimum Gasteiger partial charge on any atom is -0.495 e. The van der Waals surface area contributed by atoms with Gasteiger partial charge in [-0.1, -0.05) is 25.8 Å². The second-order valence-corrected chi connectivity index (χ2v) is 4.70. The van der Waals surface area contributed by atoms with E-state index < -0.39 is 0 Å². The summed E-state index contributed by atoms with van der Waals surface area (Å²) in [5.41, 5.74) is 2.08. The fourth-order valence-corrected chi connectivity index (χ4v) is 1.87. The van der Waals surface area contributed by atoms with Crippen molar-refractivity contribution in [3.8, 4) is 5.75 Å². The van der Waals surface area contributed by atoms with Crippen molar-refractivity contribution in [2.24, 2.45) is 0 Å². The smallest absolute Gasteiger partial charge is 0.170 e. The highest BCUT2D eigenvalue weighted by Crippen LogP contribution is 2.24. The molecule has 1 rings (SSSR count). The van der Waals surface area contributed by atoms with Crippen molar-refractivity contribution < 1.29 is 4.74 Å². The van der Waals surface area contributed by atoms with E-state index in [-0.39, 0.29) is 0 Å². The molecule has 0 spiro atoms. The van der Waals surface area contributed by atoms with Crippen LogP contribution in [0.4, 0.5) is 5.69 Å². The van der Waals surface area contributed by atoms with Gasteiger partial charge in [0, 0.05) is 6.54 Å². The average Bonchev–Trinajstić information content (AvgIpc) is 2.35. The van der Waals surface area contributed by atoms with Crippen molar-refractivity contribution in [1.29, 1.82) is 0 Å². The molecule has 0 unspecified atom stereocenters. The SMILES string of the molecule is CCCCCNC(=S)Nc1cc(C)ccc1OC. The molecule has 0 aliphatic carbocycles. The van der Waals surface area contributed by atoms with E-state index in [1.165, 1.54) is 18.4 Å². The lowest BCUT2D eigenvalue weighted by atomic mass is 10.2. The summed E-state index contributed by atoms with van der Waals surface area (Å²) in [5.74, 6) is 0.804. The Morgan fingerprint density at radius 3 is 2.78 bits per heavy atom. The summed E-state index contributed by atoms with van der Waals surface area (Å²) < 4.78 is 5.29. The van der Waals surface area contributed by atoms with E-state index in [0.29, 0.717) is 5.11 Å². The molecule has 18 heavy (non-hydrogen) atoms. The summed E-state index contributed by atoms with van der Waals surface area (Å²) >= 11 is 5.26. The van der Waals surface area contributed by atoms with E-state index in [2.05, 4.69) is 17.6 Å². The molecule has 1 aromatic carbocycles. The van der Waals surface area contributed by atoms with Crippen molar-refractivity contribution in [3.63, 3.8) is 0 Å². The standard InChI is InChI=1S/C14H22N2OS/c1-4-5-6-9-15-14(18)16-12-10-11(2)7-8-13(12)17-3/h7-8,10H,4-6,9H2,1-3H3,(H2,15,16,18). The third-order valence-electron chi connectivity index (χ3n) is 2.67. The lowest BCUT2D eigenvalue weighted by Crippen LogP contribution is -2.29. The molecule has 0 fully saturated rings. The molecule has 0 bridgehead atoms. The van der Waals surface area contributed by atoms with Crippen LogP contribution in [0, 0.1) is 6.92 Å². The maximum Gasteiger partial charge on any atom is 0.170 e. The largest absolute Gasteiger partial charge is 0.495 e. The van der Waals surface area contributed by atoms with Gasteiger partial charge in [0.1, 0.15) is 5.75 Å². The Hall–Kier alpha value is -1.29. The fraction of sp³-hybridized carbons (Fsp3) is 0.500. The molecular weight excluding hydrogens is 244 g/mol. The van der Waals surface area contributed by atoms with Crippen LogP contribution >= 0.6 is 12.2 Å². The molecule has 0 radical (unpaired) electrons. The molecule has 0 amide bonds. The van der Waals surface area contributed by atoms with Gasteiger partial charge in [-0.05, 0) is 43.3 Å². The molecule has 3 nitrogen and oxygen atoms in total. The first-order valence-corrected chi connectivity index (χ1v) is 6.77. The second-order valence-electron chi connectivity index (χ2n) is 4.29. The first-order chi connectivity index (χ1) is 8.67. The van der Waals surface area contributed by atoms with E-state index in [4.69, 9.17) is 17.0 Å². The highest BCUT2D eigenvalue weighted by atomic mass is 32.1. The Morgan fingerprint density at radius 1 is 1.33 bits per heavy atom. The molecule has 2 N–H and O–H groups in total. The molecular formula is C14H22N2OS. The van der Waals surface area contributed by atoms with Gasteiger partial charge in [0.25, 0.3) is 0 Å². The van der Waals surface area contributed by atoms with Crippen molar-refractivity contribution in [3.05, 3.63) is 23.8 Å². The predicted molar refractivity (Wildman–Crippen MR) is 81.5 cm³/mol. The quantitative estimate of drug-likeness (QED) is 0.610. The van der Waals surface area contributed by atoms with Gasteiger partial charge < -0.3 is 15.4 Å². The summed E-state index contributed by atoms with van der Waals surface area (Å²) in [4.78, 5) is 0. The minimum absolute atomic E-state index is 0.648. The zero-order chi connectivity index (χ0) is 13.4.